The Kier molecular flexibility index (Phi) is 7.91. The van der Waals surface area contributed by atoms with Crippen LogP contribution in [0.3, 0.4) is 0 Å². The summed E-state index contributed by atoms with van der Waals surface area (Å²) >= 11 is 0. The minimum absolute atomic E-state index is 0.116. The summed E-state index contributed by atoms with van der Waals surface area (Å²) in [6.07, 6.45) is 0.396. The number of ether oxygens (including phenoxy) is 1. The van der Waals surface area contributed by atoms with E-state index < -0.39 is 29.9 Å². The van der Waals surface area contributed by atoms with Gasteiger partial charge in [0.05, 0.1) is 12.5 Å². The molecule has 2 amide bonds. The maximum atomic E-state index is 12.0. The van der Waals surface area contributed by atoms with Gasteiger partial charge >= 0.3 is 5.97 Å². The van der Waals surface area contributed by atoms with Crippen LogP contribution in [0.5, 0.6) is 0 Å². The van der Waals surface area contributed by atoms with Crippen molar-refractivity contribution >= 4 is 17.8 Å². The lowest BCUT2D eigenvalue weighted by Gasteiger charge is -2.22. The summed E-state index contributed by atoms with van der Waals surface area (Å²) in [5.74, 6) is -1.93. The SMILES string of the molecule is CC[C@H](C)[C@H](NC(=O)[C@@H](N)CC(=O)OCc1ccccc1)C(N)=O. The molecule has 0 bridgehead atoms. The Balaban J connectivity index is 2.47. The fraction of sp³-hybridized carbons (Fsp3) is 0.471. The summed E-state index contributed by atoms with van der Waals surface area (Å²) < 4.78 is 5.08. The third-order valence-electron chi connectivity index (χ3n) is 3.78. The Morgan fingerprint density at radius 1 is 1.21 bits per heavy atom. The Labute approximate surface area is 141 Å². The van der Waals surface area contributed by atoms with Crippen molar-refractivity contribution in [3.05, 3.63) is 35.9 Å². The minimum Gasteiger partial charge on any atom is -0.461 e. The van der Waals surface area contributed by atoms with Crippen molar-refractivity contribution in [2.45, 2.75) is 45.4 Å². The van der Waals surface area contributed by atoms with Crippen molar-refractivity contribution in [2.24, 2.45) is 17.4 Å². The number of primary amides is 1. The van der Waals surface area contributed by atoms with E-state index in [-0.39, 0.29) is 18.9 Å². The van der Waals surface area contributed by atoms with E-state index in [0.29, 0.717) is 6.42 Å². The number of hydrogen-bond acceptors (Lipinski definition) is 5. The van der Waals surface area contributed by atoms with Crippen molar-refractivity contribution < 1.29 is 19.1 Å². The normalized spacial score (nSPS) is 14.3. The average Bonchev–Trinajstić information content (AvgIpc) is 2.57. The van der Waals surface area contributed by atoms with Crippen molar-refractivity contribution in [2.75, 3.05) is 0 Å². The fourth-order valence-corrected chi connectivity index (χ4v) is 2.06. The predicted molar refractivity (Wildman–Crippen MR) is 89.4 cm³/mol. The molecule has 7 nitrogen and oxygen atoms in total. The topological polar surface area (TPSA) is 125 Å². The molecule has 1 rings (SSSR count). The molecule has 24 heavy (non-hydrogen) atoms. The Morgan fingerprint density at radius 3 is 2.38 bits per heavy atom. The molecule has 0 aromatic heterocycles. The van der Waals surface area contributed by atoms with Gasteiger partial charge in [0.25, 0.3) is 0 Å². The Hall–Kier alpha value is -2.41. The molecule has 0 unspecified atom stereocenters. The Bertz CT molecular complexity index is 562. The second-order valence-corrected chi connectivity index (χ2v) is 5.73. The first-order valence-corrected chi connectivity index (χ1v) is 7.90. The maximum Gasteiger partial charge on any atom is 0.308 e. The molecule has 0 saturated carbocycles. The van der Waals surface area contributed by atoms with E-state index in [2.05, 4.69) is 5.32 Å². The van der Waals surface area contributed by atoms with Gasteiger partial charge in [0.1, 0.15) is 12.6 Å². The molecule has 0 aliphatic carbocycles. The highest BCUT2D eigenvalue weighted by molar-refractivity contribution is 5.91. The van der Waals surface area contributed by atoms with Crippen LogP contribution in [0, 0.1) is 5.92 Å². The highest BCUT2D eigenvalue weighted by atomic mass is 16.5. The molecule has 132 valence electrons. The number of carbonyl (C=O) groups is 3. The van der Waals surface area contributed by atoms with Crippen LogP contribution in [0.4, 0.5) is 0 Å². The molecule has 0 heterocycles. The quantitative estimate of drug-likeness (QED) is 0.566. The van der Waals surface area contributed by atoms with Gasteiger partial charge in [-0.3, -0.25) is 14.4 Å². The van der Waals surface area contributed by atoms with Crippen LogP contribution in [0.15, 0.2) is 30.3 Å². The summed E-state index contributed by atoms with van der Waals surface area (Å²) in [5.41, 5.74) is 11.8. The molecule has 0 spiro atoms. The van der Waals surface area contributed by atoms with Gasteiger partial charge in [-0.25, -0.2) is 0 Å². The number of esters is 1. The summed E-state index contributed by atoms with van der Waals surface area (Å²) in [5, 5.41) is 2.50. The first-order chi connectivity index (χ1) is 11.3. The first kappa shape index (κ1) is 19.6. The highest BCUT2D eigenvalue weighted by Gasteiger charge is 2.27. The van der Waals surface area contributed by atoms with Crippen LogP contribution in [0.25, 0.3) is 0 Å². The molecule has 1 aromatic rings. The summed E-state index contributed by atoms with van der Waals surface area (Å²) in [6, 6.07) is 7.26. The van der Waals surface area contributed by atoms with Crippen LogP contribution in [-0.2, 0) is 25.7 Å². The van der Waals surface area contributed by atoms with E-state index in [1.165, 1.54) is 0 Å². The lowest BCUT2D eigenvalue weighted by molar-refractivity contribution is -0.146. The predicted octanol–water partition coefficient (Wildman–Crippen LogP) is 0.463. The molecule has 0 aliphatic rings. The van der Waals surface area contributed by atoms with Gasteiger partial charge in [-0.2, -0.15) is 0 Å². The van der Waals surface area contributed by atoms with E-state index in [1.54, 1.807) is 6.92 Å². The van der Waals surface area contributed by atoms with Crippen LogP contribution >= 0.6 is 0 Å². The minimum atomic E-state index is -1.10. The summed E-state index contributed by atoms with van der Waals surface area (Å²) in [6.45, 7) is 3.80. The van der Waals surface area contributed by atoms with Gasteiger partial charge in [-0.1, -0.05) is 50.6 Å². The number of rotatable bonds is 9. The molecular weight excluding hydrogens is 310 g/mol. The number of nitrogens with one attached hydrogen (secondary N) is 1. The monoisotopic (exact) mass is 335 g/mol. The highest BCUT2D eigenvalue weighted by Crippen LogP contribution is 2.08. The molecule has 7 heteroatoms. The first-order valence-electron chi connectivity index (χ1n) is 7.90. The van der Waals surface area contributed by atoms with Gasteiger partial charge in [-0.15, -0.1) is 0 Å². The van der Waals surface area contributed by atoms with Gasteiger partial charge in [0.2, 0.25) is 11.8 Å². The molecule has 0 saturated heterocycles. The van der Waals surface area contributed by atoms with Gasteiger partial charge in [-0.05, 0) is 11.5 Å². The molecule has 1 aromatic carbocycles. The van der Waals surface area contributed by atoms with Crippen LogP contribution in [-0.4, -0.2) is 29.9 Å². The van der Waals surface area contributed by atoms with E-state index in [0.717, 1.165) is 5.56 Å². The second kappa shape index (κ2) is 9.67. The molecule has 0 radical (unpaired) electrons. The molecular formula is C17H25N3O4. The maximum absolute atomic E-state index is 12.0. The van der Waals surface area contributed by atoms with Crippen molar-refractivity contribution in [1.82, 2.24) is 5.32 Å². The fourth-order valence-electron chi connectivity index (χ4n) is 2.06. The zero-order chi connectivity index (χ0) is 18.1. The van der Waals surface area contributed by atoms with Gasteiger partial charge < -0.3 is 21.5 Å². The third-order valence-corrected chi connectivity index (χ3v) is 3.78. The van der Waals surface area contributed by atoms with Crippen molar-refractivity contribution in [3.63, 3.8) is 0 Å². The zero-order valence-electron chi connectivity index (χ0n) is 14.0. The van der Waals surface area contributed by atoms with Crippen LogP contribution in [0.1, 0.15) is 32.3 Å². The summed E-state index contributed by atoms with van der Waals surface area (Å²) in [4.78, 5) is 35.2. The standard InChI is InChI=1S/C17H25N3O4/c1-3-11(2)15(16(19)22)20-17(23)13(18)9-14(21)24-10-12-7-5-4-6-8-12/h4-8,11,13,15H,3,9-10,18H2,1-2H3,(H2,19,22)(H,20,23)/t11-,13-,15-/m0/s1. The van der Waals surface area contributed by atoms with Gasteiger partial charge in [0.15, 0.2) is 0 Å². The average molecular weight is 335 g/mol. The molecule has 3 atom stereocenters. The largest absolute Gasteiger partial charge is 0.461 e. The van der Waals surface area contributed by atoms with E-state index >= 15 is 0 Å². The van der Waals surface area contributed by atoms with Crippen LogP contribution < -0.4 is 16.8 Å². The lowest BCUT2D eigenvalue weighted by Crippen LogP contribution is -2.53. The van der Waals surface area contributed by atoms with E-state index in [9.17, 15) is 14.4 Å². The Morgan fingerprint density at radius 2 is 1.83 bits per heavy atom. The van der Waals surface area contributed by atoms with E-state index in [1.807, 2.05) is 37.3 Å². The van der Waals surface area contributed by atoms with Crippen molar-refractivity contribution in [3.8, 4) is 0 Å². The van der Waals surface area contributed by atoms with Gasteiger partial charge in [0, 0.05) is 0 Å². The summed E-state index contributed by atoms with van der Waals surface area (Å²) in [7, 11) is 0. The van der Waals surface area contributed by atoms with Crippen molar-refractivity contribution in [1.29, 1.82) is 0 Å². The molecule has 0 aliphatic heterocycles. The smallest absolute Gasteiger partial charge is 0.308 e. The van der Waals surface area contributed by atoms with Crippen LogP contribution in [0.2, 0.25) is 0 Å². The van der Waals surface area contributed by atoms with E-state index in [4.69, 9.17) is 16.2 Å². The zero-order valence-corrected chi connectivity index (χ0v) is 14.0. The number of carbonyl (C=O) groups excluding carboxylic acids is 3. The number of hydrogen-bond donors (Lipinski definition) is 3. The second-order valence-electron chi connectivity index (χ2n) is 5.73. The molecule has 5 N–H and O–H groups in total. The number of amides is 2. The third kappa shape index (κ3) is 6.37. The number of benzene rings is 1. The molecule has 0 fully saturated rings. The lowest BCUT2D eigenvalue weighted by atomic mass is 9.98. The number of nitrogens with two attached hydrogens (primary N) is 2.